The molecule has 0 radical (unpaired) electrons. The van der Waals surface area contributed by atoms with Crippen LogP contribution in [0.3, 0.4) is 0 Å². The molecule has 7 heteroatoms. The summed E-state index contributed by atoms with van der Waals surface area (Å²) in [5, 5.41) is 2.59. The van der Waals surface area contributed by atoms with Crippen molar-refractivity contribution < 1.29 is 9.53 Å². The highest BCUT2D eigenvalue weighted by molar-refractivity contribution is 7.10. The lowest BCUT2D eigenvalue weighted by atomic mass is 10.1. The third-order valence-corrected chi connectivity index (χ3v) is 5.46. The van der Waals surface area contributed by atoms with Gasteiger partial charge in [0.05, 0.1) is 30.1 Å². The van der Waals surface area contributed by atoms with Crippen LogP contribution in [0.2, 0.25) is 0 Å². The van der Waals surface area contributed by atoms with E-state index in [2.05, 4.69) is 26.3 Å². The van der Waals surface area contributed by atoms with E-state index in [1.807, 2.05) is 0 Å². The van der Waals surface area contributed by atoms with Gasteiger partial charge in [0.15, 0.2) is 0 Å². The predicted octanol–water partition coefficient (Wildman–Crippen LogP) is 2.33. The van der Waals surface area contributed by atoms with Gasteiger partial charge in [0.2, 0.25) is 0 Å². The van der Waals surface area contributed by atoms with E-state index < -0.39 is 5.97 Å². The topological polar surface area (TPSA) is 75.3 Å². The first kappa shape index (κ1) is 16.0. The molecule has 2 aromatic heterocycles. The number of methoxy groups -OCH3 is 1. The maximum Gasteiger partial charge on any atom is 0.337 e. The van der Waals surface area contributed by atoms with Gasteiger partial charge in [-0.15, -0.1) is 11.3 Å². The molecule has 1 aliphatic rings. The molecule has 25 heavy (non-hydrogen) atoms. The van der Waals surface area contributed by atoms with Crippen molar-refractivity contribution in [2.24, 2.45) is 0 Å². The Morgan fingerprint density at radius 3 is 3.12 bits per heavy atom. The van der Waals surface area contributed by atoms with Gasteiger partial charge in [0, 0.05) is 18.0 Å². The summed E-state index contributed by atoms with van der Waals surface area (Å²) in [5.41, 5.74) is 2.06. The van der Waals surface area contributed by atoms with Gasteiger partial charge >= 0.3 is 5.97 Å². The molecular weight excluding hydrogens is 338 g/mol. The number of benzene rings is 1. The molecule has 128 valence electrons. The van der Waals surface area contributed by atoms with Gasteiger partial charge in [-0.05, 0) is 41.6 Å². The number of hydrogen-bond donors (Lipinski definition) is 1. The molecule has 0 saturated heterocycles. The summed E-state index contributed by atoms with van der Waals surface area (Å²) in [4.78, 5) is 35.1. The van der Waals surface area contributed by atoms with Crippen molar-refractivity contribution in [3.8, 4) is 0 Å². The van der Waals surface area contributed by atoms with Crippen LogP contribution in [0.4, 0.5) is 0 Å². The lowest BCUT2D eigenvalue weighted by molar-refractivity contribution is 0.0601. The number of hydrogen-bond acceptors (Lipinski definition) is 6. The molecule has 0 amide bonds. The number of rotatable bonds is 3. The van der Waals surface area contributed by atoms with E-state index in [0.29, 0.717) is 28.8 Å². The molecule has 6 nitrogen and oxygen atoms in total. The average molecular weight is 355 g/mol. The van der Waals surface area contributed by atoms with Gasteiger partial charge in [-0.3, -0.25) is 9.69 Å². The predicted molar refractivity (Wildman–Crippen MR) is 95.8 cm³/mol. The number of esters is 1. The normalized spacial score (nSPS) is 14.4. The van der Waals surface area contributed by atoms with Crippen molar-refractivity contribution in [1.29, 1.82) is 0 Å². The SMILES string of the molecule is COC(=O)c1ccc2c(=O)[nH]c(CN3CCc4sccc4C3)nc2c1. The third kappa shape index (κ3) is 3.08. The summed E-state index contributed by atoms with van der Waals surface area (Å²) in [7, 11) is 1.33. The summed E-state index contributed by atoms with van der Waals surface area (Å²) < 4.78 is 4.73. The zero-order chi connectivity index (χ0) is 17.4. The highest BCUT2D eigenvalue weighted by Crippen LogP contribution is 2.24. The van der Waals surface area contributed by atoms with Crippen LogP contribution in [0, 0.1) is 0 Å². The first-order valence-electron chi connectivity index (χ1n) is 8.03. The second kappa shape index (κ2) is 6.42. The zero-order valence-corrected chi connectivity index (χ0v) is 14.6. The monoisotopic (exact) mass is 355 g/mol. The highest BCUT2D eigenvalue weighted by atomic mass is 32.1. The van der Waals surface area contributed by atoms with Crippen molar-refractivity contribution in [2.45, 2.75) is 19.5 Å². The van der Waals surface area contributed by atoms with Crippen molar-refractivity contribution in [3.63, 3.8) is 0 Å². The molecular formula is C18H17N3O3S. The molecule has 0 bridgehead atoms. The Bertz CT molecular complexity index is 1010. The smallest absolute Gasteiger partial charge is 0.337 e. The standard InChI is InChI=1S/C18H17N3O3S/c1-24-18(23)11-2-3-13-14(8-11)19-16(20-17(13)22)10-21-6-4-15-12(9-21)5-7-25-15/h2-3,5,7-8H,4,6,9-10H2,1H3,(H,19,20,22). The molecule has 0 atom stereocenters. The van der Waals surface area contributed by atoms with E-state index in [0.717, 1.165) is 19.5 Å². The molecule has 3 aromatic rings. The fourth-order valence-corrected chi connectivity index (χ4v) is 4.05. The minimum absolute atomic E-state index is 0.190. The molecule has 0 aliphatic carbocycles. The van der Waals surface area contributed by atoms with Gasteiger partial charge < -0.3 is 9.72 Å². The van der Waals surface area contributed by atoms with E-state index in [4.69, 9.17) is 4.74 Å². The summed E-state index contributed by atoms with van der Waals surface area (Å²) in [6.45, 7) is 2.38. The highest BCUT2D eigenvalue weighted by Gasteiger charge is 2.18. The number of carbonyl (C=O) groups is 1. The molecule has 0 unspecified atom stereocenters. The molecule has 0 saturated carbocycles. The van der Waals surface area contributed by atoms with Gasteiger partial charge in [0.25, 0.3) is 5.56 Å². The largest absolute Gasteiger partial charge is 0.465 e. The minimum atomic E-state index is -0.438. The number of H-pyrrole nitrogens is 1. The molecule has 0 spiro atoms. The second-order valence-corrected chi connectivity index (χ2v) is 7.07. The van der Waals surface area contributed by atoms with E-state index in [1.54, 1.807) is 29.5 Å². The van der Waals surface area contributed by atoms with Crippen LogP contribution in [0.1, 0.15) is 26.6 Å². The molecule has 1 N–H and O–H groups in total. The molecule has 1 aromatic carbocycles. The molecule has 1 aliphatic heterocycles. The Kier molecular flexibility index (Phi) is 4.10. The van der Waals surface area contributed by atoms with Crippen LogP contribution in [0.15, 0.2) is 34.4 Å². The number of thiophene rings is 1. The average Bonchev–Trinajstić information content (AvgIpc) is 3.08. The van der Waals surface area contributed by atoms with Crippen LogP contribution in [0.25, 0.3) is 10.9 Å². The van der Waals surface area contributed by atoms with Crippen molar-refractivity contribution in [2.75, 3.05) is 13.7 Å². The minimum Gasteiger partial charge on any atom is -0.465 e. The number of aromatic amines is 1. The Hall–Kier alpha value is -2.51. The van der Waals surface area contributed by atoms with Crippen LogP contribution >= 0.6 is 11.3 Å². The number of aromatic nitrogens is 2. The lowest BCUT2D eigenvalue weighted by Crippen LogP contribution is -2.30. The number of ether oxygens (including phenoxy) is 1. The summed E-state index contributed by atoms with van der Waals surface area (Å²) >= 11 is 1.80. The number of fused-ring (bicyclic) bond motifs is 2. The molecule has 0 fully saturated rings. The van der Waals surface area contributed by atoms with E-state index in [-0.39, 0.29) is 5.56 Å². The third-order valence-electron chi connectivity index (χ3n) is 4.44. The van der Waals surface area contributed by atoms with E-state index in [9.17, 15) is 9.59 Å². The first-order valence-corrected chi connectivity index (χ1v) is 8.91. The Labute approximate surface area is 148 Å². The second-order valence-electron chi connectivity index (χ2n) is 6.07. The maximum absolute atomic E-state index is 12.3. The van der Waals surface area contributed by atoms with Crippen LogP contribution in [0.5, 0.6) is 0 Å². The number of nitrogens with one attached hydrogen (secondary N) is 1. The molecule has 3 heterocycles. The lowest BCUT2D eigenvalue weighted by Gasteiger charge is -2.26. The van der Waals surface area contributed by atoms with Gasteiger partial charge in [-0.2, -0.15) is 0 Å². The van der Waals surface area contributed by atoms with Crippen molar-refractivity contribution in [1.82, 2.24) is 14.9 Å². The van der Waals surface area contributed by atoms with Crippen LogP contribution in [-0.4, -0.2) is 34.5 Å². The fraction of sp³-hybridized carbons (Fsp3) is 0.278. The summed E-state index contributed by atoms with van der Waals surface area (Å²) in [6.07, 6.45) is 1.03. The quantitative estimate of drug-likeness (QED) is 0.730. The number of nitrogens with zero attached hydrogens (tertiary/aromatic N) is 2. The fourth-order valence-electron chi connectivity index (χ4n) is 3.16. The van der Waals surface area contributed by atoms with Crippen molar-refractivity contribution >= 4 is 28.2 Å². The maximum atomic E-state index is 12.3. The number of carbonyl (C=O) groups excluding carboxylic acids is 1. The van der Waals surface area contributed by atoms with Gasteiger partial charge in [-0.25, -0.2) is 9.78 Å². The van der Waals surface area contributed by atoms with Gasteiger partial charge in [-0.1, -0.05) is 0 Å². The Balaban J connectivity index is 1.64. The van der Waals surface area contributed by atoms with Crippen molar-refractivity contribution in [3.05, 3.63) is 61.8 Å². The van der Waals surface area contributed by atoms with Crippen LogP contribution in [-0.2, 0) is 24.2 Å². The Morgan fingerprint density at radius 2 is 2.28 bits per heavy atom. The molecule has 4 rings (SSSR count). The summed E-state index contributed by atoms with van der Waals surface area (Å²) in [6, 6.07) is 6.95. The zero-order valence-electron chi connectivity index (χ0n) is 13.7. The van der Waals surface area contributed by atoms with E-state index in [1.165, 1.54) is 17.6 Å². The van der Waals surface area contributed by atoms with E-state index >= 15 is 0 Å². The van der Waals surface area contributed by atoms with Gasteiger partial charge in [0.1, 0.15) is 5.82 Å². The Morgan fingerprint density at radius 1 is 1.40 bits per heavy atom. The van der Waals surface area contributed by atoms with Crippen LogP contribution < -0.4 is 5.56 Å². The first-order chi connectivity index (χ1) is 12.1. The summed E-state index contributed by atoms with van der Waals surface area (Å²) in [5.74, 6) is 0.171.